The number of nitrogens with zero attached hydrogens (tertiary/aromatic N) is 2. The molecule has 4 nitrogen and oxygen atoms in total. The highest BCUT2D eigenvalue weighted by molar-refractivity contribution is 5.39. The van der Waals surface area contributed by atoms with Gasteiger partial charge in [-0.1, -0.05) is 18.2 Å². The summed E-state index contributed by atoms with van der Waals surface area (Å²) in [4.78, 5) is 8.75. The van der Waals surface area contributed by atoms with Crippen molar-refractivity contribution in [2.45, 2.75) is 26.4 Å². The Hall–Kier alpha value is -2.10. The molecule has 1 atom stereocenters. The van der Waals surface area contributed by atoms with E-state index in [1.807, 2.05) is 32.0 Å². The first-order chi connectivity index (χ1) is 9.22. The molecule has 0 amide bonds. The zero-order chi connectivity index (χ0) is 13.2. The third kappa shape index (κ3) is 2.52. The maximum atomic E-state index is 5.87. The van der Waals surface area contributed by atoms with Crippen LogP contribution in [0.15, 0.2) is 30.5 Å². The Morgan fingerprint density at radius 1 is 1.26 bits per heavy atom. The second-order valence-corrected chi connectivity index (χ2v) is 4.86. The van der Waals surface area contributed by atoms with E-state index in [0.717, 1.165) is 35.9 Å². The third-order valence-corrected chi connectivity index (χ3v) is 3.42. The smallest absolute Gasteiger partial charge is 0.144 e. The van der Waals surface area contributed by atoms with Crippen LogP contribution < -0.4 is 10.1 Å². The number of fused-ring (bicyclic) bond motifs is 1. The molecule has 1 aromatic carbocycles. The van der Waals surface area contributed by atoms with Gasteiger partial charge in [-0.15, -0.1) is 0 Å². The topological polar surface area (TPSA) is 47.0 Å². The number of nitrogens with one attached hydrogen (secondary N) is 1. The standard InChI is InChI=1S/C15H17N3O/c1-10-11(2)18-15(9-16-10)17-8-13-7-12-5-3-4-6-14(12)19-13/h3-6,9,13H,7-8H2,1-2H3,(H,17,18). The molecular formula is C15H17N3O. The Morgan fingerprint density at radius 3 is 2.89 bits per heavy atom. The number of para-hydroxylation sites is 1. The normalized spacial score (nSPS) is 16.8. The van der Waals surface area contributed by atoms with E-state index >= 15 is 0 Å². The molecule has 0 spiro atoms. The summed E-state index contributed by atoms with van der Waals surface area (Å²) in [6.45, 7) is 4.67. The summed E-state index contributed by atoms with van der Waals surface area (Å²) in [6, 6.07) is 8.19. The van der Waals surface area contributed by atoms with E-state index in [1.165, 1.54) is 5.56 Å². The van der Waals surface area contributed by atoms with Crippen molar-refractivity contribution in [1.29, 1.82) is 0 Å². The van der Waals surface area contributed by atoms with E-state index in [9.17, 15) is 0 Å². The Labute approximate surface area is 112 Å². The minimum Gasteiger partial charge on any atom is -0.488 e. The highest BCUT2D eigenvalue weighted by Crippen LogP contribution is 2.28. The SMILES string of the molecule is Cc1ncc(NCC2Cc3ccccc3O2)nc1C. The molecule has 4 heteroatoms. The lowest BCUT2D eigenvalue weighted by atomic mass is 10.1. The molecule has 3 rings (SSSR count). The molecular weight excluding hydrogens is 238 g/mol. The molecule has 0 bridgehead atoms. The van der Waals surface area contributed by atoms with Gasteiger partial charge < -0.3 is 10.1 Å². The summed E-state index contributed by atoms with van der Waals surface area (Å²) in [5, 5.41) is 3.29. The number of aromatic nitrogens is 2. The molecule has 1 aliphatic rings. The average molecular weight is 255 g/mol. The Morgan fingerprint density at radius 2 is 2.11 bits per heavy atom. The summed E-state index contributed by atoms with van der Waals surface area (Å²) < 4.78 is 5.87. The Bertz CT molecular complexity index is 573. The fourth-order valence-corrected chi connectivity index (χ4v) is 2.21. The van der Waals surface area contributed by atoms with Crippen molar-refractivity contribution < 1.29 is 4.74 Å². The molecule has 1 aliphatic heterocycles. The lowest BCUT2D eigenvalue weighted by Crippen LogP contribution is -2.24. The van der Waals surface area contributed by atoms with E-state index in [4.69, 9.17) is 4.74 Å². The highest BCUT2D eigenvalue weighted by atomic mass is 16.5. The van der Waals surface area contributed by atoms with Crippen LogP contribution in [0.3, 0.4) is 0 Å². The van der Waals surface area contributed by atoms with Gasteiger partial charge in [0.1, 0.15) is 17.7 Å². The van der Waals surface area contributed by atoms with Crippen LogP contribution >= 0.6 is 0 Å². The zero-order valence-electron chi connectivity index (χ0n) is 11.2. The summed E-state index contributed by atoms with van der Waals surface area (Å²) in [6.07, 6.45) is 2.88. The molecule has 19 heavy (non-hydrogen) atoms. The molecule has 1 N–H and O–H groups in total. The van der Waals surface area contributed by atoms with Gasteiger partial charge in [0.05, 0.1) is 24.1 Å². The van der Waals surface area contributed by atoms with E-state index < -0.39 is 0 Å². The summed E-state index contributed by atoms with van der Waals surface area (Å²) in [5.74, 6) is 1.81. The molecule has 0 saturated heterocycles. The maximum Gasteiger partial charge on any atom is 0.144 e. The molecule has 0 radical (unpaired) electrons. The fourth-order valence-electron chi connectivity index (χ4n) is 2.21. The van der Waals surface area contributed by atoms with Crippen LogP contribution in [0.1, 0.15) is 17.0 Å². The van der Waals surface area contributed by atoms with Gasteiger partial charge in [0, 0.05) is 6.42 Å². The summed E-state index contributed by atoms with van der Waals surface area (Å²) in [7, 11) is 0. The lowest BCUT2D eigenvalue weighted by Gasteiger charge is -2.12. The number of anilines is 1. The van der Waals surface area contributed by atoms with Crippen molar-refractivity contribution in [2.24, 2.45) is 0 Å². The summed E-state index contributed by atoms with van der Waals surface area (Å²) in [5.41, 5.74) is 3.20. The van der Waals surface area contributed by atoms with Gasteiger partial charge in [0.2, 0.25) is 0 Å². The van der Waals surface area contributed by atoms with Crippen LogP contribution in [0.25, 0.3) is 0 Å². The van der Waals surface area contributed by atoms with Crippen LogP contribution in [-0.2, 0) is 6.42 Å². The third-order valence-electron chi connectivity index (χ3n) is 3.42. The molecule has 0 fully saturated rings. The molecule has 0 aliphatic carbocycles. The molecule has 1 unspecified atom stereocenters. The highest BCUT2D eigenvalue weighted by Gasteiger charge is 2.21. The van der Waals surface area contributed by atoms with Crippen LogP contribution in [-0.4, -0.2) is 22.6 Å². The van der Waals surface area contributed by atoms with Crippen LogP contribution in [0.2, 0.25) is 0 Å². The largest absolute Gasteiger partial charge is 0.488 e. The first kappa shape index (κ1) is 12.0. The Balaban J connectivity index is 1.61. The minimum absolute atomic E-state index is 0.167. The molecule has 2 heterocycles. The average Bonchev–Trinajstić information content (AvgIpc) is 2.83. The van der Waals surface area contributed by atoms with Crippen molar-refractivity contribution in [1.82, 2.24) is 9.97 Å². The van der Waals surface area contributed by atoms with Crippen molar-refractivity contribution in [3.8, 4) is 5.75 Å². The van der Waals surface area contributed by atoms with E-state index in [0.29, 0.717) is 0 Å². The molecule has 1 aromatic heterocycles. The predicted octanol–water partition coefficient (Wildman–Crippen LogP) is 2.51. The molecule has 0 saturated carbocycles. The molecule has 2 aromatic rings. The number of ether oxygens (including phenoxy) is 1. The van der Waals surface area contributed by atoms with Gasteiger partial charge in [0.15, 0.2) is 0 Å². The van der Waals surface area contributed by atoms with Gasteiger partial charge in [0.25, 0.3) is 0 Å². The maximum absolute atomic E-state index is 5.87. The fraction of sp³-hybridized carbons (Fsp3) is 0.333. The number of rotatable bonds is 3. The number of hydrogen-bond acceptors (Lipinski definition) is 4. The zero-order valence-corrected chi connectivity index (χ0v) is 11.2. The predicted molar refractivity (Wildman–Crippen MR) is 74.6 cm³/mol. The number of hydrogen-bond donors (Lipinski definition) is 1. The first-order valence-electron chi connectivity index (χ1n) is 6.51. The quantitative estimate of drug-likeness (QED) is 0.915. The second-order valence-electron chi connectivity index (χ2n) is 4.86. The van der Waals surface area contributed by atoms with Crippen molar-refractivity contribution in [3.05, 3.63) is 47.4 Å². The molecule has 98 valence electrons. The van der Waals surface area contributed by atoms with Gasteiger partial charge >= 0.3 is 0 Å². The number of aryl methyl sites for hydroxylation is 2. The van der Waals surface area contributed by atoms with Crippen molar-refractivity contribution in [2.75, 3.05) is 11.9 Å². The van der Waals surface area contributed by atoms with E-state index in [-0.39, 0.29) is 6.10 Å². The van der Waals surface area contributed by atoms with E-state index in [2.05, 4.69) is 21.4 Å². The van der Waals surface area contributed by atoms with Crippen LogP contribution in [0.4, 0.5) is 5.82 Å². The van der Waals surface area contributed by atoms with Gasteiger partial charge in [-0.05, 0) is 25.5 Å². The number of benzene rings is 1. The second kappa shape index (κ2) is 4.88. The van der Waals surface area contributed by atoms with Gasteiger partial charge in [-0.3, -0.25) is 4.98 Å². The first-order valence-corrected chi connectivity index (χ1v) is 6.51. The Kier molecular flexibility index (Phi) is 3.07. The minimum atomic E-state index is 0.167. The van der Waals surface area contributed by atoms with Crippen LogP contribution in [0.5, 0.6) is 5.75 Å². The summed E-state index contributed by atoms with van der Waals surface area (Å²) >= 11 is 0. The lowest BCUT2D eigenvalue weighted by molar-refractivity contribution is 0.246. The van der Waals surface area contributed by atoms with Gasteiger partial charge in [-0.25, -0.2) is 4.98 Å². The van der Waals surface area contributed by atoms with E-state index in [1.54, 1.807) is 6.20 Å². The van der Waals surface area contributed by atoms with Crippen molar-refractivity contribution in [3.63, 3.8) is 0 Å². The van der Waals surface area contributed by atoms with Crippen LogP contribution in [0, 0.1) is 13.8 Å². The monoisotopic (exact) mass is 255 g/mol. The van der Waals surface area contributed by atoms with Gasteiger partial charge in [-0.2, -0.15) is 0 Å². The van der Waals surface area contributed by atoms with Crippen molar-refractivity contribution >= 4 is 5.82 Å².